The van der Waals surface area contributed by atoms with Crippen LogP contribution in [-0.2, 0) is 9.59 Å². The lowest BCUT2D eigenvalue weighted by atomic mass is 10.1. The van der Waals surface area contributed by atoms with Crippen LogP contribution >= 0.6 is 0 Å². The largest absolute Gasteiger partial charge is 0.497 e. The molecule has 0 aromatic heterocycles. The van der Waals surface area contributed by atoms with Crippen molar-refractivity contribution in [2.24, 2.45) is 0 Å². The highest BCUT2D eigenvalue weighted by molar-refractivity contribution is 5.95. The molecule has 1 saturated heterocycles. The predicted octanol–water partition coefficient (Wildman–Crippen LogP) is 2.98. The normalized spacial score (nSPS) is 14.5. The molecule has 2 aromatic rings. The van der Waals surface area contributed by atoms with Crippen molar-refractivity contribution in [3.63, 3.8) is 0 Å². The van der Waals surface area contributed by atoms with Gasteiger partial charge in [-0.25, -0.2) is 0 Å². The van der Waals surface area contributed by atoms with Crippen LogP contribution in [0.25, 0.3) is 0 Å². The molecule has 6 heteroatoms. The van der Waals surface area contributed by atoms with E-state index in [2.05, 4.69) is 10.6 Å². The Morgan fingerprint density at radius 1 is 1.07 bits per heavy atom. The summed E-state index contributed by atoms with van der Waals surface area (Å²) in [7, 11) is 1.59. The van der Waals surface area contributed by atoms with Crippen LogP contribution in [0.2, 0.25) is 0 Å². The second-order valence-corrected chi connectivity index (χ2v) is 6.86. The van der Waals surface area contributed by atoms with Gasteiger partial charge in [0.1, 0.15) is 11.8 Å². The van der Waals surface area contributed by atoms with Crippen molar-refractivity contribution in [1.82, 2.24) is 10.2 Å². The molecule has 2 aromatic carbocycles. The highest BCUT2D eigenvalue weighted by atomic mass is 16.5. The van der Waals surface area contributed by atoms with Gasteiger partial charge in [-0.1, -0.05) is 36.4 Å². The molecule has 1 heterocycles. The predicted molar refractivity (Wildman–Crippen MR) is 109 cm³/mol. The second-order valence-electron chi connectivity index (χ2n) is 6.86. The zero-order chi connectivity index (χ0) is 19.8. The van der Waals surface area contributed by atoms with Crippen molar-refractivity contribution in [3.8, 4) is 5.75 Å². The van der Waals surface area contributed by atoms with Gasteiger partial charge in [0.25, 0.3) is 0 Å². The Kier molecular flexibility index (Phi) is 7.03. The van der Waals surface area contributed by atoms with Crippen molar-refractivity contribution in [2.45, 2.75) is 25.3 Å². The van der Waals surface area contributed by atoms with E-state index in [0.717, 1.165) is 31.5 Å². The number of hydrogen-bond donors (Lipinski definition) is 2. The molecule has 1 aliphatic rings. The minimum Gasteiger partial charge on any atom is -0.497 e. The number of methoxy groups -OCH3 is 1. The zero-order valence-electron chi connectivity index (χ0n) is 16.2. The van der Waals surface area contributed by atoms with Crippen LogP contribution in [0.4, 0.5) is 5.69 Å². The number of carbonyl (C=O) groups is 2. The average molecular weight is 381 g/mol. The van der Waals surface area contributed by atoms with Crippen LogP contribution in [0, 0.1) is 0 Å². The van der Waals surface area contributed by atoms with Gasteiger partial charge in [-0.15, -0.1) is 0 Å². The lowest BCUT2D eigenvalue weighted by molar-refractivity contribution is -0.130. The summed E-state index contributed by atoms with van der Waals surface area (Å²) in [6, 6.07) is 16.2. The Bertz CT molecular complexity index is 789. The Balaban J connectivity index is 1.64. The van der Waals surface area contributed by atoms with Crippen LogP contribution in [0.1, 0.15) is 30.9 Å². The number of carbonyl (C=O) groups excluding carboxylic acids is 2. The van der Waals surface area contributed by atoms with Crippen molar-refractivity contribution >= 4 is 17.5 Å². The van der Waals surface area contributed by atoms with E-state index < -0.39 is 6.04 Å². The quantitative estimate of drug-likeness (QED) is 0.738. The number of likely N-dealkylation sites (tertiary alicyclic amines) is 1. The average Bonchev–Trinajstić information content (AvgIpc) is 3.27. The summed E-state index contributed by atoms with van der Waals surface area (Å²) in [6.45, 7) is 2.13. The van der Waals surface area contributed by atoms with Gasteiger partial charge in [0.15, 0.2) is 0 Å². The Labute approximate surface area is 165 Å². The highest BCUT2D eigenvalue weighted by Gasteiger charge is 2.22. The molecule has 148 valence electrons. The van der Waals surface area contributed by atoms with E-state index in [4.69, 9.17) is 4.74 Å². The van der Waals surface area contributed by atoms with E-state index >= 15 is 0 Å². The lowest BCUT2D eigenvalue weighted by Gasteiger charge is -2.20. The molecule has 6 nitrogen and oxygen atoms in total. The summed E-state index contributed by atoms with van der Waals surface area (Å²) < 4.78 is 5.21. The first-order chi connectivity index (χ1) is 13.7. The standard InChI is InChI=1S/C22H27N3O3/c1-28-19-11-7-10-18(16-19)24-22(27)21(17-8-3-2-4-9-17)23-13-12-20(26)25-14-5-6-15-25/h2-4,7-11,16,21,23H,5-6,12-15H2,1H3,(H,24,27). The number of ether oxygens (including phenoxy) is 1. The summed E-state index contributed by atoms with van der Waals surface area (Å²) in [5, 5.41) is 6.18. The molecular weight excluding hydrogens is 354 g/mol. The number of nitrogens with one attached hydrogen (secondary N) is 2. The van der Waals surface area contributed by atoms with Crippen LogP contribution in [0.3, 0.4) is 0 Å². The fraction of sp³-hybridized carbons (Fsp3) is 0.364. The third kappa shape index (κ3) is 5.33. The molecule has 0 saturated carbocycles. The molecule has 1 unspecified atom stereocenters. The first-order valence-electron chi connectivity index (χ1n) is 9.68. The number of anilines is 1. The Hall–Kier alpha value is -2.86. The van der Waals surface area contributed by atoms with Crippen LogP contribution in [0.5, 0.6) is 5.75 Å². The molecular formula is C22H27N3O3. The van der Waals surface area contributed by atoms with Crippen molar-refractivity contribution in [1.29, 1.82) is 0 Å². The molecule has 1 fully saturated rings. The van der Waals surface area contributed by atoms with E-state index in [9.17, 15) is 9.59 Å². The van der Waals surface area contributed by atoms with E-state index in [-0.39, 0.29) is 11.8 Å². The van der Waals surface area contributed by atoms with Crippen LogP contribution in [0.15, 0.2) is 54.6 Å². The highest BCUT2D eigenvalue weighted by Crippen LogP contribution is 2.20. The molecule has 2 amide bonds. The van der Waals surface area contributed by atoms with Crippen molar-refractivity contribution < 1.29 is 14.3 Å². The fourth-order valence-electron chi connectivity index (χ4n) is 3.37. The number of benzene rings is 2. The summed E-state index contributed by atoms with van der Waals surface area (Å²) >= 11 is 0. The topological polar surface area (TPSA) is 70.7 Å². The van der Waals surface area contributed by atoms with Gasteiger partial charge in [-0.3, -0.25) is 9.59 Å². The summed E-state index contributed by atoms with van der Waals surface area (Å²) in [5.41, 5.74) is 1.52. The summed E-state index contributed by atoms with van der Waals surface area (Å²) in [4.78, 5) is 27.1. The number of amides is 2. The molecule has 28 heavy (non-hydrogen) atoms. The molecule has 1 aliphatic heterocycles. The monoisotopic (exact) mass is 381 g/mol. The van der Waals surface area contributed by atoms with Crippen LogP contribution in [-0.4, -0.2) is 43.5 Å². The van der Waals surface area contributed by atoms with Crippen LogP contribution < -0.4 is 15.4 Å². The van der Waals surface area contributed by atoms with E-state index in [1.807, 2.05) is 53.4 Å². The molecule has 1 atom stereocenters. The first-order valence-corrected chi connectivity index (χ1v) is 9.68. The number of nitrogens with zero attached hydrogens (tertiary/aromatic N) is 1. The van der Waals surface area contributed by atoms with E-state index in [1.165, 1.54) is 0 Å². The molecule has 0 radical (unpaired) electrons. The minimum atomic E-state index is -0.543. The van der Waals surface area contributed by atoms with E-state index in [0.29, 0.717) is 24.4 Å². The van der Waals surface area contributed by atoms with Gasteiger partial charge >= 0.3 is 0 Å². The zero-order valence-corrected chi connectivity index (χ0v) is 16.2. The van der Waals surface area contributed by atoms with Gasteiger partial charge in [-0.2, -0.15) is 0 Å². The maximum atomic E-state index is 12.9. The third-order valence-electron chi connectivity index (χ3n) is 4.88. The molecule has 3 rings (SSSR count). The van der Waals surface area contributed by atoms with Gasteiger partial charge in [0.05, 0.1) is 7.11 Å². The second kappa shape index (κ2) is 9.90. The Morgan fingerprint density at radius 2 is 1.82 bits per heavy atom. The molecule has 0 bridgehead atoms. The number of hydrogen-bond acceptors (Lipinski definition) is 4. The van der Waals surface area contributed by atoms with Crippen molar-refractivity contribution in [2.75, 3.05) is 32.1 Å². The van der Waals surface area contributed by atoms with Gasteiger partial charge in [-0.05, 0) is 30.5 Å². The van der Waals surface area contributed by atoms with Gasteiger partial charge < -0.3 is 20.3 Å². The number of rotatable bonds is 8. The maximum Gasteiger partial charge on any atom is 0.246 e. The molecule has 0 spiro atoms. The third-order valence-corrected chi connectivity index (χ3v) is 4.88. The minimum absolute atomic E-state index is 0.144. The van der Waals surface area contributed by atoms with Crippen molar-refractivity contribution in [3.05, 3.63) is 60.2 Å². The summed E-state index contributed by atoms with van der Waals surface area (Å²) in [6.07, 6.45) is 2.54. The van der Waals surface area contributed by atoms with Gasteiger partial charge in [0, 0.05) is 37.8 Å². The first kappa shape index (κ1) is 19.9. The smallest absolute Gasteiger partial charge is 0.246 e. The molecule has 2 N–H and O–H groups in total. The Morgan fingerprint density at radius 3 is 2.54 bits per heavy atom. The SMILES string of the molecule is COc1cccc(NC(=O)C(NCCC(=O)N2CCCC2)c2ccccc2)c1. The fourth-order valence-corrected chi connectivity index (χ4v) is 3.37. The maximum absolute atomic E-state index is 12.9. The lowest BCUT2D eigenvalue weighted by Crippen LogP contribution is -2.36. The van der Waals surface area contributed by atoms with Gasteiger partial charge in [0.2, 0.25) is 11.8 Å². The molecule has 0 aliphatic carbocycles. The summed E-state index contributed by atoms with van der Waals surface area (Å²) in [5.74, 6) is 0.649. The van der Waals surface area contributed by atoms with E-state index in [1.54, 1.807) is 13.2 Å².